The van der Waals surface area contributed by atoms with Crippen LogP contribution in [0.3, 0.4) is 0 Å². The maximum absolute atomic E-state index is 13.4. The normalized spacial score (nSPS) is 17.4. The van der Waals surface area contributed by atoms with E-state index in [4.69, 9.17) is 4.74 Å². The quantitative estimate of drug-likeness (QED) is 0.606. The Morgan fingerprint density at radius 2 is 1.75 bits per heavy atom. The van der Waals surface area contributed by atoms with E-state index in [0.29, 0.717) is 30.6 Å². The first kappa shape index (κ1) is 21.6. The third kappa shape index (κ3) is 4.67. The second-order valence-corrected chi connectivity index (χ2v) is 8.16. The maximum Gasteiger partial charge on any atom is 0.258 e. The van der Waals surface area contributed by atoms with Gasteiger partial charge >= 0.3 is 0 Å². The summed E-state index contributed by atoms with van der Waals surface area (Å²) in [7, 11) is 1.59. The minimum atomic E-state index is -0.126. The summed E-state index contributed by atoms with van der Waals surface area (Å²) in [6.45, 7) is 2.02. The van der Waals surface area contributed by atoms with Crippen LogP contribution in [-0.4, -0.2) is 25.0 Å². The fraction of sp³-hybridized carbons (Fsp3) is 0.259. The molecule has 0 saturated carbocycles. The van der Waals surface area contributed by atoms with Crippen molar-refractivity contribution >= 4 is 17.5 Å². The average Bonchev–Trinajstić information content (AvgIpc) is 2.83. The molecule has 0 spiro atoms. The van der Waals surface area contributed by atoms with Gasteiger partial charge in [0, 0.05) is 23.7 Å². The lowest BCUT2D eigenvalue weighted by Crippen LogP contribution is -2.46. The van der Waals surface area contributed by atoms with E-state index in [1.54, 1.807) is 19.2 Å². The van der Waals surface area contributed by atoms with Gasteiger partial charge in [-0.1, -0.05) is 54.6 Å². The largest absolute Gasteiger partial charge is 0.497 e. The van der Waals surface area contributed by atoms with Gasteiger partial charge in [0.15, 0.2) is 0 Å². The number of benzene rings is 3. The molecule has 32 heavy (non-hydrogen) atoms. The molecule has 0 radical (unpaired) electrons. The number of anilines is 1. The minimum Gasteiger partial charge on any atom is -0.497 e. The number of para-hydroxylation sites is 1. The molecule has 5 heteroatoms. The zero-order chi connectivity index (χ0) is 22.5. The number of fused-ring (bicyclic) bond motifs is 1. The highest BCUT2D eigenvalue weighted by molar-refractivity contribution is 6.07. The molecular formula is C27H28N2O3. The molecule has 1 aliphatic rings. The molecule has 1 heterocycles. The van der Waals surface area contributed by atoms with Gasteiger partial charge in [-0.15, -0.1) is 0 Å². The van der Waals surface area contributed by atoms with E-state index in [9.17, 15) is 9.59 Å². The van der Waals surface area contributed by atoms with Gasteiger partial charge < -0.3 is 15.0 Å². The fourth-order valence-electron chi connectivity index (χ4n) is 4.32. The van der Waals surface area contributed by atoms with Crippen LogP contribution in [0.4, 0.5) is 5.69 Å². The molecule has 4 rings (SSSR count). The van der Waals surface area contributed by atoms with Gasteiger partial charge in [0.05, 0.1) is 13.2 Å². The smallest absolute Gasteiger partial charge is 0.258 e. The number of aryl methyl sites for hydroxylation is 1. The summed E-state index contributed by atoms with van der Waals surface area (Å²) in [5, 5.41) is 3.20. The van der Waals surface area contributed by atoms with Crippen molar-refractivity contribution in [3.8, 4) is 5.75 Å². The zero-order valence-electron chi connectivity index (χ0n) is 18.5. The first-order valence-corrected chi connectivity index (χ1v) is 11.0. The van der Waals surface area contributed by atoms with Crippen molar-refractivity contribution in [2.75, 3.05) is 12.0 Å². The molecule has 3 aromatic rings. The van der Waals surface area contributed by atoms with Crippen LogP contribution in [0.15, 0.2) is 78.9 Å². The predicted octanol–water partition coefficient (Wildman–Crippen LogP) is 4.92. The number of amides is 2. The van der Waals surface area contributed by atoms with E-state index in [-0.39, 0.29) is 23.9 Å². The van der Waals surface area contributed by atoms with E-state index >= 15 is 0 Å². The Morgan fingerprint density at radius 1 is 1.00 bits per heavy atom. The number of ether oxygens (including phenoxy) is 1. The molecule has 2 unspecified atom stereocenters. The highest BCUT2D eigenvalue weighted by atomic mass is 16.5. The number of carbonyl (C=O) groups is 2. The van der Waals surface area contributed by atoms with Crippen LogP contribution >= 0.6 is 0 Å². The molecule has 0 aliphatic carbocycles. The standard InChI is InChI=1S/C27H28N2O3/c1-19-17-24(28-26(30)16-15-20-9-4-3-5-10-20)23-13-6-7-14-25(23)29(19)27(31)21-11-8-12-22(18-21)32-2/h3-14,18-19,24H,15-17H2,1-2H3,(H,28,30). The number of nitrogens with one attached hydrogen (secondary N) is 1. The van der Waals surface area contributed by atoms with Gasteiger partial charge in [-0.2, -0.15) is 0 Å². The van der Waals surface area contributed by atoms with Crippen molar-refractivity contribution in [3.05, 3.63) is 95.6 Å². The summed E-state index contributed by atoms with van der Waals surface area (Å²) in [6, 6.07) is 24.9. The molecule has 0 fully saturated rings. The molecule has 1 aliphatic heterocycles. The number of nitrogens with zero attached hydrogens (tertiary/aromatic N) is 1. The van der Waals surface area contributed by atoms with Crippen LogP contribution in [0.5, 0.6) is 5.75 Å². The third-order valence-electron chi connectivity index (χ3n) is 5.94. The van der Waals surface area contributed by atoms with Crippen molar-refractivity contribution in [1.29, 1.82) is 0 Å². The van der Waals surface area contributed by atoms with E-state index in [0.717, 1.165) is 16.8 Å². The number of hydrogen-bond donors (Lipinski definition) is 1. The summed E-state index contributed by atoms with van der Waals surface area (Å²) in [6.07, 6.45) is 1.80. The van der Waals surface area contributed by atoms with Gasteiger partial charge in [0.2, 0.25) is 5.91 Å². The van der Waals surface area contributed by atoms with Gasteiger partial charge in [0.25, 0.3) is 5.91 Å². The predicted molar refractivity (Wildman–Crippen MR) is 126 cm³/mol. The fourth-order valence-corrected chi connectivity index (χ4v) is 4.32. The van der Waals surface area contributed by atoms with Crippen LogP contribution in [0.2, 0.25) is 0 Å². The van der Waals surface area contributed by atoms with Gasteiger partial charge in [-0.25, -0.2) is 0 Å². The van der Waals surface area contributed by atoms with Crippen molar-refractivity contribution < 1.29 is 14.3 Å². The number of carbonyl (C=O) groups excluding carboxylic acids is 2. The lowest BCUT2D eigenvalue weighted by atomic mass is 9.90. The SMILES string of the molecule is COc1cccc(C(=O)N2c3ccccc3C(NC(=O)CCc3ccccc3)CC2C)c1. The molecule has 3 aromatic carbocycles. The minimum absolute atomic E-state index is 0.0217. The average molecular weight is 429 g/mol. The van der Waals surface area contributed by atoms with Crippen LogP contribution in [0.1, 0.15) is 47.3 Å². The number of methoxy groups -OCH3 is 1. The highest BCUT2D eigenvalue weighted by Crippen LogP contribution is 2.38. The van der Waals surface area contributed by atoms with Crippen LogP contribution < -0.4 is 15.0 Å². The van der Waals surface area contributed by atoms with E-state index in [2.05, 4.69) is 5.32 Å². The van der Waals surface area contributed by atoms with E-state index in [1.807, 2.05) is 78.6 Å². The number of rotatable bonds is 6. The molecule has 164 valence electrons. The zero-order valence-corrected chi connectivity index (χ0v) is 18.5. The van der Waals surface area contributed by atoms with Gasteiger partial charge in [-0.3, -0.25) is 9.59 Å². The molecule has 2 amide bonds. The first-order chi connectivity index (χ1) is 15.6. The van der Waals surface area contributed by atoms with Crippen LogP contribution in [-0.2, 0) is 11.2 Å². The second kappa shape index (κ2) is 9.69. The molecule has 0 saturated heterocycles. The third-order valence-corrected chi connectivity index (χ3v) is 5.94. The Labute approximate surface area is 189 Å². The van der Waals surface area contributed by atoms with Crippen LogP contribution in [0, 0.1) is 0 Å². The van der Waals surface area contributed by atoms with Gasteiger partial charge in [-0.05, 0) is 55.2 Å². The van der Waals surface area contributed by atoms with Crippen molar-refractivity contribution in [1.82, 2.24) is 5.32 Å². The van der Waals surface area contributed by atoms with E-state index in [1.165, 1.54) is 0 Å². The van der Waals surface area contributed by atoms with E-state index < -0.39 is 0 Å². The summed E-state index contributed by atoms with van der Waals surface area (Å²) in [5.74, 6) is 0.600. The molecule has 0 aromatic heterocycles. The Hall–Kier alpha value is -3.60. The lowest BCUT2D eigenvalue weighted by molar-refractivity contribution is -0.121. The Kier molecular flexibility index (Phi) is 6.55. The molecule has 0 bridgehead atoms. The Bertz CT molecular complexity index is 1100. The summed E-state index contributed by atoms with van der Waals surface area (Å²) in [5.41, 5.74) is 3.54. The van der Waals surface area contributed by atoms with Crippen molar-refractivity contribution in [2.45, 2.75) is 38.3 Å². The number of hydrogen-bond acceptors (Lipinski definition) is 3. The molecule has 2 atom stereocenters. The molecule has 1 N–H and O–H groups in total. The van der Waals surface area contributed by atoms with Gasteiger partial charge in [0.1, 0.15) is 5.75 Å². The first-order valence-electron chi connectivity index (χ1n) is 11.0. The Balaban J connectivity index is 1.52. The lowest BCUT2D eigenvalue weighted by Gasteiger charge is -2.39. The second-order valence-electron chi connectivity index (χ2n) is 8.16. The van der Waals surface area contributed by atoms with Crippen LogP contribution in [0.25, 0.3) is 0 Å². The molecular weight excluding hydrogens is 400 g/mol. The highest BCUT2D eigenvalue weighted by Gasteiger charge is 2.34. The molecule has 5 nitrogen and oxygen atoms in total. The maximum atomic E-state index is 13.4. The Morgan fingerprint density at radius 3 is 2.53 bits per heavy atom. The van der Waals surface area contributed by atoms with Crippen molar-refractivity contribution in [3.63, 3.8) is 0 Å². The van der Waals surface area contributed by atoms with Crippen molar-refractivity contribution in [2.24, 2.45) is 0 Å². The monoisotopic (exact) mass is 428 g/mol. The summed E-state index contributed by atoms with van der Waals surface area (Å²) >= 11 is 0. The topological polar surface area (TPSA) is 58.6 Å². The summed E-state index contributed by atoms with van der Waals surface area (Å²) < 4.78 is 5.29. The summed E-state index contributed by atoms with van der Waals surface area (Å²) in [4.78, 5) is 27.9.